The van der Waals surface area contributed by atoms with Gasteiger partial charge in [0.05, 0.1) is 7.11 Å². The molecule has 0 aromatic heterocycles. The van der Waals surface area contributed by atoms with Gasteiger partial charge in [-0.2, -0.15) is 0 Å². The van der Waals surface area contributed by atoms with Gasteiger partial charge in [0.1, 0.15) is 5.75 Å². The fourth-order valence-corrected chi connectivity index (χ4v) is 3.46. The Hall–Kier alpha value is -1.02. The van der Waals surface area contributed by atoms with Gasteiger partial charge < -0.3 is 10.1 Å². The van der Waals surface area contributed by atoms with Gasteiger partial charge in [-0.3, -0.25) is 0 Å². The summed E-state index contributed by atoms with van der Waals surface area (Å²) in [6.07, 6.45) is 7.01. The Bertz CT molecular complexity index is 404. The average Bonchev–Trinajstić information content (AvgIpc) is 2.47. The lowest BCUT2D eigenvalue weighted by atomic mass is 9.81. The summed E-state index contributed by atoms with van der Waals surface area (Å²) in [6.45, 7) is 5.73. The van der Waals surface area contributed by atoms with Crippen molar-refractivity contribution in [2.24, 2.45) is 11.8 Å². The van der Waals surface area contributed by atoms with Crippen LogP contribution in [0.1, 0.15) is 57.6 Å². The molecule has 1 N–H and O–H groups in total. The summed E-state index contributed by atoms with van der Waals surface area (Å²) in [5, 5.41) is 3.66. The Kier molecular flexibility index (Phi) is 5.90. The summed E-state index contributed by atoms with van der Waals surface area (Å²) >= 11 is 0. The van der Waals surface area contributed by atoms with Crippen molar-refractivity contribution in [3.8, 4) is 5.75 Å². The lowest BCUT2D eigenvalue weighted by Crippen LogP contribution is -2.24. The Morgan fingerprint density at radius 2 is 2.10 bits per heavy atom. The molecule has 112 valence electrons. The minimum atomic E-state index is 0.354. The summed E-state index contributed by atoms with van der Waals surface area (Å²) in [5.74, 6) is 2.84. The highest BCUT2D eigenvalue weighted by molar-refractivity contribution is 5.35. The zero-order chi connectivity index (χ0) is 14.4. The van der Waals surface area contributed by atoms with Crippen LogP contribution in [0, 0.1) is 11.8 Å². The third-order valence-corrected chi connectivity index (χ3v) is 4.65. The Balaban J connectivity index is 1.78. The smallest absolute Gasteiger partial charge is 0.123 e. The Morgan fingerprint density at radius 1 is 1.30 bits per heavy atom. The molecule has 0 aliphatic heterocycles. The highest BCUT2D eigenvalue weighted by Gasteiger charge is 2.18. The number of rotatable bonds is 6. The van der Waals surface area contributed by atoms with E-state index in [-0.39, 0.29) is 0 Å². The van der Waals surface area contributed by atoms with Gasteiger partial charge in [0, 0.05) is 11.6 Å². The highest BCUT2D eigenvalue weighted by Crippen LogP contribution is 2.30. The first-order valence-electron chi connectivity index (χ1n) is 8.07. The van der Waals surface area contributed by atoms with Gasteiger partial charge in [-0.25, -0.2) is 0 Å². The van der Waals surface area contributed by atoms with E-state index in [4.69, 9.17) is 4.74 Å². The number of hydrogen-bond acceptors (Lipinski definition) is 2. The quantitative estimate of drug-likeness (QED) is 0.821. The Labute approximate surface area is 123 Å². The van der Waals surface area contributed by atoms with E-state index in [1.165, 1.54) is 37.7 Å². The van der Waals surface area contributed by atoms with Crippen molar-refractivity contribution < 1.29 is 4.74 Å². The second-order valence-corrected chi connectivity index (χ2v) is 6.34. The van der Waals surface area contributed by atoms with Crippen LogP contribution < -0.4 is 10.1 Å². The summed E-state index contributed by atoms with van der Waals surface area (Å²) < 4.78 is 5.44. The lowest BCUT2D eigenvalue weighted by Gasteiger charge is -2.27. The maximum absolute atomic E-state index is 5.44. The van der Waals surface area contributed by atoms with E-state index in [9.17, 15) is 0 Å². The van der Waals surface area contributed by atoms with Crippen LogP contribution in [0.4, 0.5) is 0 Å². The first kappa shape index (κ1) is 15.4. The number of benzene rings is 1. The molecule has 0 heterocycles. The number of para-hydroxylation sites is 1. The second-order valence-electron chi connectivity index (χ2n) is 6.34. The van der Waals surface area contributed by atoms with Crippen LogP contribution in [0.5, 0.6) is 5.75 Å². The number of methoxy groups -OCH3 is 1. The van der Waals surface area contributed by atoms with E-state index in [0.717, 1.165) is 24.1 Å². The first-order chi connectivity index (χ1) is 9.70. The predicted molar refractivity (Wildman–Crippen MR) is 85.2 cm³/mol. The van der Waals surface area contributed by atoms with Crippen LogP contribution in [0.15, 0.2) is 24.3 Å². The maximum atomic E-state index is 5.44. The topological polar surface area (TPSA) is 21.3 Å². The highest BCUT2D eigenvalue weighted by atomic mass is 16.5. The lowest BCUT2D eigenvalue weighted by molar-refractivity contribution is 0.265. The van der Waals surface area contributed by atoms with Crippen LogP contribution in [0.2, 0.25) is 0 Å². The largest absolute Gasteiger partial charge is 0.496 e. The van der Waals surface area contributed by atoms with Crippen LogP contribution in [0.25, 0.3) is 0 Å². The molecule has 3 atom stereocenters. The summed E-state index contributed by atoms with van der Waals surface area (Å²) in [5.41, 5.74) is 1.26. The molecule has 0 saturated heterocycles. The van der Waals surface area contributed by atoms with Gasteiger partial charge in [-0.05, 0) is 44.2 Å². The van der Waals surface area contributed by atoms with Crippen molar-refractivity contribution >= 4 is 0 Å². The van der Waals surface area contributed by atoms with Crippen LogP contribution in [0.3, 0.4) is 0 Å². The SMILES string of the molecule is COc1ccccc1C(C)NCCC1CCCC(C)C1. The molecule has 0 radical (unpaired) electrons. The third kappa shape index (κ3) is 4.24. The molecule has 2 rings (SSSR count). The summed E-state index contributed by atoms with van der Waals surface area (Å²) in [7, 11) is 1.75. The molecular weight excluding hydrogens is 246 g/mol. The molecule has 1 fully saturated rings. The molecule has 20 heavy (non-hydrogen) atoms. The van der Waals surface area contributed by atoms with Crippen molar-refractivity contribution in [1.82, 2.24) is 5.32 Å². The van der Waals surface area contributed by atoms with Crippen molar-refractivity contribution in [3.05, 3.63) is 29.8 Å². The van der Waals surface area contributed by atoms with E-state index in [1.54, 1.807) is 7.11 Å². The van der Waals surface area contributed by atoms with Crippen molar-refractivity contribution in [2.75, 3.05) is 13.7 Å². The van der Waals surface area contributed by atoms with Gasteiger partial charge in [0.25, 0.3) is 0 Å². The first-order valence-corrected chi connectivity index (χ1v) is 8.07. The van der Waals surface area contributed by atoms with E-state index < -0.39 is 0 Å². The minimum absolute atomic E-state index is 0.354. The van der Waals surface area contributed by atoms with Gasteiger partial charge in [-0.15, -0.1) is 0 Å². The molecule has 0 bridgehead atoms. The van der Waals surface area contributed by atoms with Crippen LogP contribution in [-0.4, -0.2) is 13.7 Å². The second kappa shape index (κ2) is 7.68. The van der Waals surface area contributed by atoms with Gasteiger partial charge in [0.2, 0.25) is 0 Å². The van der Waals surface area contributed by atoms with Gasteiger partial charge >= 0.3 is 0 Å². The van der Waals surface area contributed by atoms with E-state index in [2.05, 4.69) is 31.3 Å². The number of ether oxygens (including phenoxy) is 1. The van der Waals surface area contributed by atoms with E-state index in [0.29, 0.717) is 6.04 Å². The zero-order valence-electron chi connectivity index (χ0n) is 13.2. The molecule has 0 spiro atoms. The van der Waals surface area contributed by atoms with Crippen molar-refractivity contribution in [2.45, 2.75) is 52.0 Å². The maximum Gasteiger partial charge on any atom is 0.123 e. The van der Waals surface area contributed by atoms with Crippen molar-refractivity contribution in [1.29, 1.82) is 0 Å². The molecule has 1 saturated carbocycles. The molecule has 1 aromatic carbocycles. The molecule has 1 aliphatic carbocycles. The Morgan fingerprint density at radius 3 is 2.85 bits per heavy atom. The molecule has 0 amide bonds. The molecule has 2 heteroatoms. The van der Waals surface area contributed by atoms with Crippen LogP contribution in [-0.2, 0) is 0 Å². The van der Waals surface area contributed by atoms with E-state index >= 15 is 0 Å². The number of nitrogens with one attached hydrogen (secondary N) is 1. The minimum Gasteiger partial charge on any atom is -0.496 e. The standard InChI is InChI=1S/C18H29NO/c1-14-7-6-8-16(13-14)11-12-19-15(2)17-9-4-5-10-18(17)20-3/h4-5,9-10,14-16,19H,6-8,11-13H2,1-3H3. The molecule has 2 nitrogen and oxygen atoms in total. The summed E-state index contributed by atoms with van der Waals surface area (Å²) in [6, 6.07) is 8.65. The van der Waals surface area contributed by atoms with Crippen molar-refractivity contribution in [3.63, 3.8) is 0 Å². The van der Waals surface area contributed by atoms with Gasteiger partial charge in [-0.1, -0.05) is 44.4 Å². The molecule has 1 aromatic rings. The average molecular weight is 275 g/mol. The monoisotopic (exact) mass is 275 g/mol. The zero-order valence-corrected chi connectivity index (χ0v) is 13.2. The molecule has 1 aliphatic rings. The van der Waals surface area contributed by atoms with Gasteiger partial charge in [0.15, 0.2) is 0 Å². The fourth-order valence-electron chi connectivity index (χ4n) is 3.46. The predicted octanol–water partition coefficient (Wildman–Crippen LogP) is 4.56. The summed E-state index contributed by atoms with van der Waals surface area (Å²) in [4.78, 5) is 0. The van der Waals surface area contributed by atoms with E-state index in [1.807, 2.05) is 12.1 Å². The normalized spacial score (nSPS) is 24.4. The van der Waals surface area contributed by atoms with Crippen LogP contribution >= 0.6 is 0 Å². The fraction of sp³-hybridized carbons (Fsp3) is 0.667. The number of hydrogen-bond donors (Lipinski definition) is 1. The molecular formula is C18H29NO. The molecule has 3 unspecified atom stereocenters. The third-order valence-electron chi connectivity index (χ3n) is 4.65.